The Hall–Kier alpha value is -3.74. The van der Waals surface area contributed by atoms with Crippen LogP contribution in [0.4, 0.5) is 11.4 Å². The second-order valence-corrected chi connectivity index (χ2v) is 7.30. The van der Waals surface area contributed by atoms with E-state index in [0.717, 1.165) is 26.9 Å². The Morgan fingerprint density at radius 3 is 2.27 bits per heavy atom. The molecule has 0 saturated heterocycles. The first-order valence-corrected chi connectivity index (χ1v) is 9.57. The van der Waals surface area contributed by atoms with Crippen molar-refractivity contribution in [2.24, 2.45) is 0 Å². The summed E-state index contributed by atoms with van der Waals surface area (Å²) in [6.45, 7) is 6.96. The molecule has 2 amide bonds. The monoisotopic (exact) mass is 404 g/mol. The topological polar surface area (TPSA) is 93.1 Å². The number of hydrogen-bond donors (Lipinski definition) is 2. The van der Waals surface area contributed by atoms with Gasteiger partial charge in [-0.3, -0.25) is 14.4 Å². The summed E-state index contributed by atoms with van der Waals surface area (Å²) in [5.41, 5.74) is 4.69. The van der Waals surface area contributed by atoms with Gasteiger partial charge in [-0.15, -0.1) is 0 Å². The molecule has 7 nitrogen and oxygen atoms in total. The zero-order chi connectivity index (χ0) is 21.8. The van der Waals surface area contributed by atoms with Crippen LogP contribution in [0.15, 0.2) is 53.3 Å². The van der Waals surface area contributed by atoms with Gasteiger partial charge < -0.3 is 10.6 Å². The molecule has 0 aliphatic rings. The number of anilines is 2. The summed E-state index contributed by atoms with van der Waals surface area (Å²) >= 11 is 0. The van der Waals surface area contributed by atoms with E-state index in [4.69, 9.17) is 0 Å². The molecule has 0 saturated carbocycles. The average molecular weight is 404 g/mol. The van der Waals surface area contributed by atoms with Crippen LogP contribution in [0, 0.1) is 20.8 Å². The Morgan fingerprint density at radius 2 is 1.63 bits per heavy atom. The van der Waals surface area contributed by atoms with Crippen LogP contribution in [0.25, 0.3) is 11.3 Å². The molecule has 3 rings (SSSR count). The number of amides is 2. The van der Waals surface area contributed by atoms with Gasteiger partial charge in [-0.1, -0.05) is 35.9 Å². The highest BCUT2D eigenvalue weighted by molar-refractivity contribution is 5.91. The Kier molecular flexibility index (Phi) is 6.11. The lowest BCUT2D eigenvalue weighted by Gasteiger charge is -2.12. The normalized spacial score (nSPS) is 10.5. The van der Waals surface area contributed by atoms with Crippen molar-refractivity contribution in [3.63, 3.8) is 0 Å². The Morgan fingerprint density at radius 1 is 0.933 bits per heavy atom. The quantitative estimate of drug-likeness (QED) is 0.681. The van der Waals surface area contributed by atoms with Crippen molar-refractivity contribution >= 4 is 23.2 Å². The van der Waals surface area contributed by atoms with E-state index in [2.05, 4.69) is 15.7 Å². The highest BCUT2D eigenvalue weighted by Gasteiger charge is 2.14. The van der Waals surface area contributed by atoms with E-state index in [1.54, 1.807) is 0 Å². The molecule has 0 fully saturated rings. The summed E-state index contributed by atoms with van der Waals surface area (Å²) in [6.07, 6.45) is 0. The van der Waals surface area contributed by atoms with Gasteiger partial charge in [0, 0.05) is 18.2 Å². The minimum Gasteiger partial charge on any atom is -0.324 e. The maximum Gasteiger partial charge on any atom is 0.291 e. The van der Waals surface area contributed by atoms with Crippen LogP contribution in [0.5, 0.6) is 0 Å². The summed E-state index contributed by atoms with van der Waals surface area (Å²) < 4.78 is 1.07. The van der Waals surface area contributed by atoms with Gasteiger partial charge in [-0.25, -0.2) is 4.68 Å². The zero-order valence-electron chi connectivity index (χ0n) is 17.4. The zero-order valence-corrected chi connectivity index (χ0v) is 17.4. The predicted molar refractivity (Wildman–Crippen MR) is 118 cm³/mol. The lowest BCUT2D eigenvalue weighted by molar-refractivity contribution is -0.117. The number of aromatic nitrogens is 2. The molecule has 2 N–H and O–H groups in total. The van der Waals surface area contributed by atoms with Crippen molar-refractivity contribution in [2.75, 3.05) is 10.6 Å². The van der Waals surface area contributed by atoms with Crippen LogP contribution < -0.4 is 16.2 Å². The van der Waals surface area contributed by atoms with Gasteiger partial charge in [-0.2, -0.15) is 5.10 Å². The van der Waals surface area contributed by atoms with E-state index in [-0.39, 0.29) is 24.0 Å². The van der Waals surface area contributed by atoms with E-state index in [1.165, 1.54) is 13.0 Å². The van der Waals surface area contributed by atoms with Crippen LogP contribution in [0.3, 0.4) is 0 Å². The van der Waals surface area contributed by atoms with Crippen LogP contribution in [-0.4, -0.2) is 21.6 Å². The number of aryl methyl sites for hydroxylation is 3. The van der Waals surface area contributed by atoms with Crippen LogP contribution in [-0.2, 0) is 16.1 Å². The van der Waals surface area contributed by atoms with E-state index >= 15 is 0 Å². The molecular weight excluding hydrogens is 380 g/mol. The van der Waals surface area contributed by atoms with Crippen LogP contribution >= 0.6 is 0 Å². The second kappa shape index (κ2) is 8.73. The van der Waals surface area contributed by atoms with Crippen molar-refractivity contribution < 1.29 is 9.59 Å². The molecule has 2 aromatic carbocycles. The third kappa shape index (κ3) is 5.00. The van der Waals surface area contributed by atoms with Crippen molar-refractivity contribution in [3.8, 4) is 11.3 Å². The van der Waals surface area contributed by atoms with E-state index in [0.29, 0.717) is 11.4 Å². The van der Waals surface area contributed by atoms with Gasteiger partial charge in [0.1, 0.15) is 12.2 Å². The fraction of sp³-hybridized carbons (Fsp3) is 0.217. The molecule has 154 valence electrons. The standard InChI is InChI=1S/C23H24N4O3/c1-14-5-8-18(9-6-14)20-12-21(24-17(4)28)23(30)27(26-20)13-22(29)25-19-10-7-15(2)16(3)11-19/h5-12H,13H2,1-4H3,(H,24,28)(H,25,29). The lowest BCUT2D eigenvalue weighted by atomic mass is 10.1. The summed E-state index contributed by atoms with van der Waals surface area (Å²) in [6, 6.07) is 14.7. The third-order valence-corrected chi connectivity index (χ3v) is 4.72. The number of hydrogen-bond acceptors (Lipinski definition) is 4. The molecular formula is C23H24N4O3. The fourth-order valence-electron chi connectivity index (χ4n) is 2.95. The van der Waals surface area contributed by atoms with Gasteiger partial charge in [-0.05, 0) is 50.1 Å². The van der Waals surface area contributed by atoms with Gasteiger partial charge in [0.05, 0.1) is 5.69 Å². The minimum atomic E-state index is -0.545. The van der Waals surface area contributed by atoms with Crippen LogP contribution in [0.2, 0.25) is 0 Å². The molecule has 3 aromatic rings. The maximum atomic E-state index is 12.7. The molecule has 1 heterocycles. The fourth-order valence-corrected chi connectivity index (χ4v) is 2.95. The Bertz CT molecular complexity index is 1160. The van der Waals surface area contributed by atoms with Gasteiger partial charge in [0.15, 0.2) is 0 Å². The maximum absolute atomic E-state index is 12.7. The SMILES string of the molecule is CC(=O)Nc1cc(-c2ccc(C)cc2)nn(CC(=O)Nc2ccc(C)c(C)c2)c1=O. The average Bonchev–Trinajstić information content (AvgIpc) is 2.68. The second-order valence-electron chi connectivity index (χ2n) is 7.30. The molecule has 30 heavy (non-hydrogen) atoms. The number of nitrogens with zero attached hydrogens (tertiary/aromatic N) is 2. The van der Waals surface area contributed by atoms with E-state index in [9.17, 15) is 14.4 Å². The summed E-state index contributed by atoms with van der Waals surface area (Å²) in [7, 11) is 0. The molecule has 7 heteroatoms. The molecule has 0 bridgehead atoms. The largest absolute Gasteiger partial charge is 0.324 e. The third-order valence-electron chi connectivity index (χ3n) is 4.72. The smallest absolute Gasteiger partial charge is 0.291 e. The highest BCUT2D eigenvalue weighted by Crippen LogP contribution is 2.19. The summed E-state index contributed by atoms with van der Waals surface area (Å²) in [5.74, 6) is -0.762. The number of rotatable bonds is 5. The number of nitrogens with one attached hydrogen (secondary N) is 2. The van der Waals surface area contributed by atoms with Crippen LogP contribution in [0.1, 0.15) is 23.6 Å². The predicted octanol–water partition coefficient (Wildman–Crippen LogP) is 3.43. The number of benzene rings is 2. The van der Waals surface area contributed by atoms with Crippen molar-refractivity contribution in [2.45, 2.75) is 34.2 Å². The number of carbonyl (C=O) groups is 2. The van der Waals surface area contributed by atoms with E-state index < -0.39 is 5.56 Å². The van der Waals surface area contributed by atoms with Gasteiger partial charge in [0.25, 0.3) is 5.56 Å². The van der Waals surface area contributed by atoms with Gasteiger partial charge in [0.2, 0.25) is 11.8 Å². The molecule has 1 aromatic heterocycles. The van der Waals surface area contributed by atoms with Crippen molar-refractivity contribution in [1.29, 1.82) is 0 Å². The Balaban J connectivity index is 1.93. The summed E-state index contributed by atoms with van der Waals surface area (Å²) in [4.78, 5) is 36.8. The lowest BCUT2D eigenvalue weighted by Crippen LogP contribution is -2.32. The first kappa shape index (κ1) is 21.0. The summed E-state index contributed by atoms with van der Waals surface area (Å²) in [5, 5.41) is 9.66. The molecule has 0 aliphatic heterocycles. The molecule has 0 aliphatic carbocycles. The number of carbonyl (C=O) groups excluding carboxylic acids is 2. The Labute approximate surface area is 174 Å². The molecule has 0 atom stereocenters. The minimum absolute atomic E-state index is 0.0760. The highest BCUT2D eigenvalue weighted by atomic mass is 16.2. The molecule has 0 spiro atoms. The van der Waals surface area contributed by atoms with Crippen molar-refractivity contribution in [3.05, 3.63) is 75.6 Å². The first-order chi connectivity index (χ1) is 14.2. The van der Waals surface area contributed by atoms with E-state index in [1.807, 2.05) is 63.2 Å². The van der Waals surface area contributed by atoms with Crippen molar-refractivity contribution in [1.82, 2.24) is 9.78 Å². The van der Waals surface area contributed by atoms with Gasteiger partial charge >= 0.3 is 0 Å². The molecule has 0 unspecified atom stereocenters. The molecule has 0 radical (unpaired) electrons. The first-order valence-electron chi connectivity index (χ1n) is 9.57.